The minimum atomic E-state index is -3.90. The monoisotopic (exact) mass is 501 g/mol. The highest BCUT2D eigenvalue weighted by Gasteiger charge is 2.33. The first-order valence-electron chi connectivity index (χ1n) is 12.0. The van der Waals surface area contributed by atoms with Gasteiger partial charge in [0.1, 0.15) is 6.10 Å². The Morgan fingerprint density at radius 1 is 1.09 bits per heavy atom. The minimum Gasteiger partial charge on any atom is -0.460 e. The van der Waals surface area contributed by atoms with Gasteiger partial charge in [-0.25, -0.2) is 18.0 Å². The Morgan fingerprint density at radius 3 is 2.43 bits per heavy atom. The number of nitrogens with zero attached hydrogens (tertiary/aromatic N) is 1. The lowest BCUT2D eigenvalue weighted by molar-refractivity contribution is -0.159. The second-order valence-corrected chi connectivity index (χ2v) is 11.7. The Hall–Kier alpha value is -2.87. The summed E-state index contributed by atoms with van der Waals surface area (Å²) in [6.45, 7) is 7.79. The third kappa shape index (κ3) is 6.63. The van der Waals surface area contributed by atoms with Gasteiger partial charge in [-0.2, -0.15) is 0 Å². The van der Waals surface area contributed by atoms with Crippen molar-refractivity contribution in [1.82, 2.24) is 0 Å². The van der Waals surface area contributed by atoms with Gasteiger partial charge >= 0.3 is 11.9 Å². The molecule has 2 aromatic rings. The number of aryl methyl sites for hydroxylation is 1. The molecular formula is C27H35NO6S. The molecule has 0 heterocycles. The number of hydrogen-bond acceptors (Lipinski definition) is 6. The van der Waals surface area contributed by atoms with Crippen molar-refractivity contribution in [3.63, 3.8) is 0 Å². The Morgan fingerprint density at radius 2 is 1.77 bits per heavy atom. The average Bonchev–Trinajstić information content (AvgIpc) is 2.82. The molecule has 3 rings (SSSR count). The van der Waals surface area contributed by atoms with Gasteiger partial charge < -0.3 is 9.47 Å². The number of carbonyl (C=O) groups is 2. The molecule has 0 bridgehead atoms. The van der Waals surface area contributed by atoms with Crippen LogP contribution in [0.4, 0.5) is 5.69 Å². The summed E-state index contributed by atoms with van der Waals surface area (Å²) in [6.07, 6.45) is 2.74. The summed E-state index contributed by atoms with van der Waals surface area (Å²) in [6, 6.07) is 12.7. The highest BCUT2D eigenvalue weighted by atomic mass is 32.2. The molecule has 2 aromatic carbocycles. The van der Waals surface area contributed by atoms with E-state index in [2.05, 4.69) is 20.8 Å². The van der Waals surface area contributed by atoms with Gasteiger partial charge in [0.2, 0.25) is 0 Å². The molecule has 190 valence electrons. The van der Waals surface area contributed by atoms with Crippen molar-refractivity contribution in [2.24, 2.45) is 17.8 Å². The number of ether oxygens (including phenoxy) is 2. The van der Waals surface area contributed by atoms with E-state index in [1.807, 2.05) is 19.1 Å². The van der Waals surface area contributed by atoms with Crippen molar-refractivity contribution < 1.29 is 27.5 Å². The number of carbonyl (C=O) groups excluding carboxylic acids is 2. The maximum Gasteiger partial charge on any atom is 0.344 e. The molecule has 3 atom stereocenters. The van der Waals surface area contributed by atoms with Crippen LogP contribution in [0.25, 0.3) is 0 Å². The van der Waals surface area contributed by atoms with E-state index in [-0.39, 0.29) is 16.6 Å². The maximum absolute atomic E-state index is 13.1. The van der Waals surface area contributed by atoms with Crippen molar-refractivity contribution in [1.29, 1.82) is 0 Å². The van der Waals surface area contributed by atoms with Gasteiger partial charge in [-0.1, -0.05) is 51.0 Å². The number of hydrogen-bond donors (Lipinski definition) is 0. The van der Waals surface area contributed by atoms with Gasteiger partial charge in [0, 0.05) is 7.05 Å². The number of esters is 2. The van der Waals surface area contributed by atoms with Crippen molar-refractivity contribution in [2.75, 3.05) is 18.0 Å². The summed E-state index contributed by atoms with van der Waals surface area (Å²) in [5, 5.41) is 0. The van der Waals surface area contributed by atoms with Crippen LogP contribution in [-0.4, -0.2) is 40.1 Å². The molecule has 0 aromatic heterocycles. The third-order valence-electron chi connectivity index (χ3n) is 6.69. The van der Waals surface area contributed by atoms with Crippen LogP contribution in [0.3, 0.4) is 0 Å². The lowest BCUT2D eigenvalue weighted by Gasteiger charge is -2.36. The standard InChI is InChI=1S/C27H35NO6S/c1-18(2)24-14-11-20(4)15-25(24)34-26(29)17-33-27(30)21-7-6-8-23(16-21)35(31,32)28(5)22-12-9-19(3)10-13-22/h6-10,12-13,16,18,20,24-25H,11,14-15,17H2,1-5H3. The Balaban J connectivity index is 1.64. The van der Waals surface area contributed by atoms with E-state index < -0.39 is 28.6 Å². The van der Waals surface area contributed by atoms with E-state index >= 15 is 0 Å². The highest BCUT2D eigenvalue weighted by Crippen LogP contribution is 2.35. The third-order valence-corrected chi connectivity index (χ3v) is 8.47. The zero-order valence-electron chi connectivity index (χ0n) is 21.1. The van der Waals surface area contributed by atoms with Gasteiger partial charge in [0.05, 0.1) is 16.1 Å². The molecular weight excluding hydrogens is 466 g/mol. The maximum atomic E-state index is 13.1. The zero-order chi connectivity index (χ0) is 25.8. The molecule has 0 aliphatic heterocycles. The quantitative estimate of drug-likeness (QED) is 0.474. The predicted octanol–water partition coefficient (Wildman–Crippen LogP) is 4.98. The van der Waals surface area contributed by atoms with Gasteiger partial charge in [0.15, 0.2) is 6.61 Å². The molecule has 0 N–H and O–H groups in total. The van der Waals surface area contributed by atoms with Crippen molar-refractivity contribution >= 4 is 27.6 Å². The fraction of sp³-hybridized carbons (Fsp3) is 0.481. The zero-order valence-corrected chi connectivity index (χ0v) is 21.9. The number of benzene rings is 2. The molecule has 0 radical (unpaired) electrons. The first-order valence-corrected chi connectivity index (χ1v) is 13.4. The SMILES string of the molecule is Cc1ccc(N(C)S(=O)(=O)c2cccc(C(=O)OCC(=O)OC3CC(C)CCC3C(C)C)c2)cc1. The first kappa shape index (κ1) is 26.7. The molecule has 1 aliphatic rings. The van der Waals surface area contributed by atoms with Crippen LogP contribution >= 0.6 is 0 Å². The predicted molar refractivity (Wildman–Crippen MR) is 135 cm³/mol. The Labute approximate surface area is 208 Å². The van der Waals surface area contributed by atoms with Crippen LogP contribution < -0.4 is 4.31 Å². The number of anilines is 1. The molecule has 1 saturated carbocycles. The molecule has 3 unspecified atom stereocenters. The highest BCUT2D eigenvalue weighted by molar-refractivity contribution is 7.92. The van der Waals surface area contributed by atoms with Crippen LogP contribution in [0.2, 0.25) is 0 Å². The summed E-state index contributed by atoms with van der Waals surface area (Å²) in [5.74, 6) is -0.211. The number of rotatable bonds is 8. The molecule has 1 fully saturated rings. The van der Waals surface area contributed by atoms with Crippen molar-refractivity contribution in [3.05, 3.63) is 59.7 Å². The fourth-order valence-corrected chi connectivity index (χ4v) is 5.74. The van der Waals surface area contributed by atoms with E-state index in [0.717, 1.165) is 29.1 Å². The molecule has 0 spiro atoms. The summed E-state index contributed by atoms with van der Waals surface area (Å²) < 4.78 is 38.2. The van der Waals surface area contributed by atoms with Crippen LogP contribution in [-0.2, 0) is 24.3 Å². The summed E-state index contributed by atoms with van der Waals surface area (Å²) in [5.41, 5.74) is 1.56. The second-order valence-electron chi connectivity index (χ2n) is 9.77. The number of sulfonamides is 1. The smallest absolute Gasteiger partial charge is 0.344 e. The Bertz CT molecular complexity index is 1140. The van der Waals surface area contributed by atoms with Gasteiger partial charge in [-0.3, -0.25) is 4.31 Å². The summed E-state index contributed by atoms with van der Waals surface area (Å²) in [7, 11) is -2.44. The normalized spacial score (nSPS) is 20.3. The molecule has 0 amide bonds. The minimum absolute atomic E-state index is 0.0440. The molecule has 35 heavy (non-hydrogen) atoms. The largest absolute Gasteiger partial charge is 0.460 e. The lowest BCUT2D eigenvalue weighted by Crippen LogP contribution is -2.36. The van der Waals surface area contributed by atoms with E-state index in [1.165, 1.54) is 31.3 Å². The van der Waals surface area contributed by atoms with E-state index in [4.69, 9.17) is 9.47 Å². The van der Waals surface area contributed by atoms with Crippen LogP contribution in [0.1, 0.15) is 56.0 Å². The topological polar surface area (TPSA) is 90.0 Å². The average molecular weight is 502 g/mol. The van der Waals surface area contributed by atoms with E-state index in [9.17, 15) is 18.0 Å². The van der Waals surface area contributed by atoms with Crippen LogP contribution in [0.15, 0.2) is 53.4 Å². The Kier molecular flexibility index (Phi) is 8.59. The molecule has 0 saturated heterocycles. The van der Waals surface area contributed by atoms with Crippen molar-refractivity contribution in [3.8, 4) is 0 Å². The fourth-order valence-electron chi connectivity index (χ4n) is 4.50. The van der Waals surface area contributed by atoms with Gasteiger partial charge in [-0.15, -0.1) is 0 Å². The van der Waals surface area contributed by atoms with Gasteiger partial charge in [-0.05, 0) is 67.9 Å². The molecule has 1 aliphatic carbocycles. The summed E-state index contributed by atoms with van der Waals surface area (Å²) >= 11 is 0. The molecule has 8 heteroatoms. The molecule has 7 nitrogen and oxygen atoms in total. The van der Waals surface area contributed by atoms with Crippen molar-refractivity contribution in [2.45, 2.75) is 58.0 Å². The van der Waals surface area contributed by atoms with Crippen LogP contribution in [0, 0.1) is 24.7 Å². The van der Waals surface area contributed by atoms with E-state index in [0.29, 0.717) is 23.4 Å². The van der Waals surface area contributed by atoms with E-state index in [1.54, 1.807) is 12.1 Å². The lowest BCUT2D eigenvalue weighted by atomic mass is 9.75. The van der Waals surface area contributed by atoms with Gasteiger partial charge in [0.25, 0.3) is 10.0 Å². The second kappa shape index (κ2) is 11.2. The first-order chi connectivity index (χ1) is 16.5. The van der Waals surface area contributed by atoms with Crippen LogP contribution in [0.5, 0.6) is 0 Å². The summed E-state index contributed by atoms with van der Waals surface area (Å²) in [4.78, 5) is 25.0.